The molecule has 4 rings (SSSR count). The fraction of sp³-hybridized carbons (Fsp3) is 0.682. The molecular weight excluding hydrogens is 366 g/mol. The fourth-order valence-corrected chi connectivity index (χ4v) is 4.95. The van der Waals surface area contributed by atoms with Gasteiger partial charge < -0.3 is 14.6 Å². The van der Waals surface area contributed by atoms with E-state index in [4.69, 9.17) is 4.42 Å². The van der Waals surface area contributed by atoms with Gasteiger partial charge in [0.2, 0.25) is 5.71 Å². The highest BCUT2D eigenvalue weighted by Crippen LogP contribution is 2.32. The summed E-state index contributed by atoms with van der Waals surface area (Å²) in [5, 5.41) is 3.88. The summed E-state index contributed by atoms with van der Waals surface area (Å²) in [6.45, 7) is 9.83. The largest absolute Gasteiger partial charge is 0.442 e. The average molecular weight is 400 g/mol. The lowest BCUT2D eigenvalue weighted by atomic mass is 9.98. The minimum atomic E-state index is -0.0911. The second kappa shape index (κ2) is 8.69. The second-order valence-corrected chi connectivity index (χ2v) is 8.58. The lowest BCUT2D eigenvalue weighted by Gasteiger charge is -2.39. The molecule has 0 aliphatic carbocycles. The van der Waals surface area contributed by atoms with Gasteiger partial charge in [0.25, 0.3) is 5.91 Å². The number of amides is 1. The van der Waals surface area contributed by atoms with Crippen LogP contribution < -0.4 is 10.2 Å². The number of carbonyl (C=O) groups is 1. The van der Waals surface area contributed by atoms with Crippen molar-refractivity contribution in [1.82, 2.24) is 20.2 Å². The lowest BCUT2D eigenvalue weighted by Crippen LogP contribution is -2.47. The van der Waals surface area contributed by atoms with Crippen molar-refractivity contribution in [1.29, 1.82) is 0 Å². The Bertz CT molecular complexity index is 848. The standard InChI is InChI=1S/C22H33N5O2/c1-15-8-7-9-16(2)27(15)13-10-23-21(28)18-17(3)29-22-19(18)20(24-14-25-22)26-11-5-4-6-12-26/h14-16H,4-13H2,1-3H3,(H,23,28)/t15-,16+. The van der Waals surface area contributed by atoms with Crippen LogP contribution in [0.15, 0.2) is 10.7 Å². The fourth-order valence-electron chi connectivity index (χ4n) is 4.95. The van der Waals surface area contributed by atoms with Crippen molar-refractivity contribution in [2.24, 2.45) is 0 Å². The normalized spacial score (nSPS) is 23.5. The monoisotopic (exact) mass is 399 g/mol. The Balaban J connectivity index is 1.52. The zero-order valence-electron chi connectivity index (χ0n) is 17.9. The summed E-state index contributed by atoms with van der Waals surface area (Å²) < 4.78 is 5.83. The number of rotatable bonds is 5. The topological polar surface area (TPSA) is 74.5 Å². The van der Waals surface area contributed by atoms with Crippen LogP contribution >= 0.6 is 0 Å². The van der Waals surface area contributed by atoms with Gasteiger partial charge in [0.05, 0.1) is 10.9 Å². The molecular formula is C22H33N5O2. The van der Waals surface area contributed by atoms with E-state index in [1.807, 2.05) is 6.92 Å². The number of hydrogen-bond donors (Lipinski definition) is 1. The summed E-state index contributed by atoms with van der Waals surface area (Å²) >= 11 is 0. The van der Waals surface area contributed by atoms with Gasteiger partial charge in [0.1, 0.15) is 17.9 Å². The van der Waals surface area contributed by atoms with E-state index in [1.54, 1.807) is 0 Å². The van der Waals surface area contributed by atoms with Crippen molar-refractivity contribution in [3.63, 3.8) is 0 Å². The number of aromatic nitrogens is 2. The SMILES string of the molecule is Cc1oc2ncnc(N3CCCCC3)c2c1C(=O)NCCN1[C@H](C)CCC[C@@H]1C. The van der Waals surface area contributed by atoms with Gasteiger partial charge in [-0.3, -0.25) is 9.69 Å². The van der Waals surface area contributed by atoms with Gasteiger partial charge in [-0.05, 0) is 52.9 Å². The molecule has 2 aromatic rings. The highest BCUT2D eigenvalue weighted by molar-refractivity contribution is 6.10. The van der Waals surface area contributed by atoms with E-state index in [9.17, 15) is 4.79 Å². The van der Waals surface area contributed by atoms with E-state index in [-0.39, 0.29) is 5.91 Å². The number of carbonyl (C=O) groups excluding carboxylic acids is 1. The van der Waals surface area contributed by atoms with Gasteiger partial charge in [0, 0.05) is 38.3 Å². The Morgan fingerprint density at radius 2 is 1.86 bits per heavy atom. The number of likely N-dealkylation sites (tertiary alicyclic amines) is 1. The predicted molar refractivity (Wildman–Crippen MR) is 114 cm³/mol. The second-order valence-electron chi connectivity index (χ2n) is 8.58. The summed E-state index contributed by atoms with van der Waals surface area (Å²) in [4.78, 5) is 26.7. The van der Waals surface area contributed by atoms with Crippen LogP contribution in [-0.2, 0) is 0 Å². The molecule has 2 aliphatic heterocycles. The minimum absolute atomic E-state index is 0.0911. The van der Waals surface area contributed by atoms with Gasteiger partial charge in [0.15, 0.2) is 0 Å². The Hall–Kier alpha value is -2.15. The molecule has 29 heavy (non-hydrogen) atoms. The summed E-state index contributed by atoms with van der Waals surface area (Å²) in [5.41, 5.74) is 1.09. The van der Waals surface area contributed by atoms with Gasteiger partial charge in [-0.1, -0.05) is 6.42 Å². The van der Waals surface area contributed by atoms with Crippen LogP contribution in [0.4, 0.5) is 5.82 Å². The molecule has 158 valence electrons. The third-order valence-corrected chi connectivity index (χ3v) is 6.56. The Labute approximate surface area is 172 Å². The van der Waals surface area contributed by atoms with E-state index >= 15 is 0 Å². The molecule has 0 saturated carbocycles. The van der Waals surface area contributed by atoms with Crippen molar-refractivity contribution in [2.75, 3.05) is 31.1 Å². The van der Waals surface area contributed by atoms with Crippen molar-refractivity contribution in [3.8, 4) is 0 Å². The minimum Gasteiger partial charge on any atom is -0.442 e. The Morgan fingerprint density at radius 3 is 2.59 bits per heavy atom. The number of fused-ring (bicyclic) bond motifs is 1. The van der Waals surface area contributed by atoms with E-state index in [0.29, 0.717) is 35.7 Å². The van der Waals surface area contributed by atoms with Crippen molar-refractivity contribution >= 4 is 22.8 Å². The third kappa shape index (κ3) is 4.10. The first kappa shape index (κ1) is 20.1. The van der Waals surface area contributed by atoms with Crippen molar-refractivity contribution < 1.29 is 9.21 Å². The molecule has 2 saturated heterocycles. The maximum Gasteiger partial charge on any atom is 0.255 e. The van der Waals surface area contributed by atoms with Gasteiger partial charge in [-0.15, -0.1) is 0 Å². The van der Waals surface area contributed by atoms with Crippen LogP contribution in [0.3, 0.4) is 0 Å². The van der Waals surface area contributed by atoms with E-state index in [2.05, 4.69) is 38.9 Å². The number of anilines is 1. The van der Waals surface area contributed by atoms with Crippen LogP contribution in [0.1, 0.15) is 68.5 Å². The molecule has 4 heterocycles. The van der Waals surface area contributed by atoms with E-state index in [1.165, 1.54) is 32.0 Å². The summed E-state index contributed by atoms with van der Waals surface area (Å²) in [5.74, 6) is 1.34. The molecule has 2 aliphatic rings. The molecule has 0 bridgehead atoms. The maximum atomic E-state index is 13.1. The van der Waals surface area contributed by atoms with Gasteiger partial charge in [-0.25, -0.2) is 9.97 Å². The molecule has 1 amide bonds. The highest BCUT2D eigenvalue weighted by atomic mass is 16.3. The Morgan fingerprint density at radius 1 is 1.14 bits per heavy atom. The predicted octanol–water partition coefficient (Wildman–Crippen LogP) is 3.51. The number of nitrogens with zero attached hydrogens (tertiary/aromatic N) is 4. The number of aryl methyl sites for hydroxylation is 1. The molecule has 2 aromatic heterocycles. The summed E-state index contributed by atoms with van der Waals surface area (Å²) in [6, 6.07) is 1.15. The molecule has 2 atom stereocenters. The van der Waals surface area contributed by atoms with Crippen LogP contribution in [0.5, 0.6) is 0 Å². The zero-order chi connectivity index (χ0) is 20.4. The molecule has 0 radical (unpaired) electrons. The van der Waals surface area contributed by atoms with Gasteiger partial charge in [-0.2, -0.15) is 0 Å². The van der Waals surface area contributed by atoms with Crippen LogP contribution in [0.2, 0.25) is 0 Å². The smallest absolute Gasteiger partial charge is 0.255 e. The molecule has 2 fully saturated rings. The van der Waals surface area contributed by atoms with Crippen LogP contribution in [0, 0.1) is 6.92 Å². The molecule has 7 heteroatoms. The number of piperidine rings is 2. The summed E-state index contributed by atoms with van der Waals surface area (Å²) in [7, 11) is 0. The molecule has 0 spiro atoms. The highest BCUT2D eigenvalue weighted by Gasteiger charge is 2.27. The molecule has 7 nitrogen and oxygen atoms in total. The van der Waals surface area contributed by atoms with Gasteiger partial charge >= 0.3 is 0 Å². The zero-order valence-corrected chi connectivity index (χ0v) is 17.9. The molecule has 0 unspecified atom stereocenters. The Kier molecular flexibility index (Phi) is 6.04. The number of furan rings is 1. The lowest BCUT2D eigenvalue weighted by molar-refractivity contribution is 0.0889. The van der Waals surface area contributed by atoms with E-state index < -0.39 is 0 Å². The average Bonchev–Trinajstić information content (AvgIpc) is 3.06. The number of hydrogen-bond acceptors (Lipinski definition) is 6. The summed E-state index contributed by atoms with van der Waals surface area (Å²) in [6.07, 6.45) is 8.85. The maximum absolute atomic E-state index is 13.1. The van der Waals surface area contributed by atoms with E-state index in [0.717, 1.165) is 43.7 Å². The first-order valence-electron chi connectivity index (χ1n) is 11.1. The first-order valence-corrected chi connectivity index (χ1v) is 11.1. The molecule has 0 aromatic carbocycles. The third-order valence-electron chi connectivity index (χ3n) is 6.56. The van der Waals surface area contributed by atoms with Crippen molar-refractivity contribution in [3.05, 3.63) is 17.7 Å². The first-order chi connectivity index (χ1) is 14.1. The van der Waals surface area contributed by atoms with Crippen LogP contribution in [0.25, 0.3) is 11.1 Å². The van der Waals surface area contributed by atoms with Crippen LogP contribution in [-0.4, -0.2) is 59.0 Å². The van der Waals surface area contributed by atoms with Crippen molar-refractivity contribution in [2.45, 2.75) is 71.4 Å². The molecule has 1 N–H and O–H groups in total. The number of nitrogens with one attached hydrogen (secondary N) is 1. The quantitative estimate of drug-likeness (QED) is 0.829.